The molecule has 2 rings (SSSR count). The van der Waals surface area contributed by atoms with Crippen LogP contribution in [0.4, 0.5) is 0 Å². The molecule has 5 nitrogen and oxygen atoms in total. The average Bonchev–Trinajstić information content (AvgIpc) is 2.52. The zero-order chi connectivity index (χ0) is 15.6. The van der Waals surface area contributed by atoms with Gasteiger partial charge in [-0.15, -0.1) is 0 Å². The molecule has 1 aliphatic rings. The first-order chi connectivity index (χ1) is 10.8. The fourth-order valence-electron chi connectivity index (χ4n) is 2.48. The lowest BCUT2D eigenvalue weighted by Crippen LogP contribution is -2.26. The Balaban J connectivity index is 1.79. The maximum absolute atomic E-state index is 11.8. The van der Waals surface area contributed by atoms with E-state index in [1.807, 2.05) is 12.1 Å². The Morgan fingerprint density at radius 1 is 1.09 bits per heavy atom. The number of amides is 1. The van der Waals surface area contributed by atoms with E-state index in [2.05, 4.69) is 10.5 Å². The van der Waals surface area contributed by atoms with Crippen molar-refractivity contribution < 1.29 is 14.3 Å². The number of carbonyl (C=O) groups is 1. The number of carbonyl (C=O) groups excluding carboxylic acids is 1. The van der Waals surface area contributed by atoms with Crippen molar-refractivity contribution in [2.24, 2.45) is 5.10 Å². The van der Waals surface area contributed by atoms with Gasteiger partial charge in [-0.05, 0) is 37.8 Å². The van der Waals surface area contributed by atoms with E-state index in [0.29, 0.717) is 11.5 Å². The molecular formula is C17H24N2O3. The van der Waals surface area contributed by atoms with Crippen LogP contribution in [0.1, 0.15) is 44.9 Å². The quantitative estimate of drug-likeness (QED) is 0.849. The predicted molar refractivity (Wildman–Crippen MR) is 86.4 cm³/mol. The van der Waals surface area contributed by atoms with E-state index in [4.69, 9.17) is 9.47 Å². The summed E-state index contributed by atoms with van der Waals surface area (Å²) in [6, 6.07) is 7.26. The number of ether oxygens (including phenoxy) is 2. The highest BCUT2D eigenvalue weighted by Crippen LogP contribution is 2.25. The second-order valence-electron chi connectivity index (χ2n) is 5.42. The van der Waals surface area contributed by atoms with Crippen LogP contribution in [0.5, 0.6) is 11.5 Å². The highest BCUT2D eigenvalue weighted by atomic mass is 16.5. The molecule has 0 atom stereocenters. The summed E-state index contributed by atoms with van der Waals surface area (Å²) < 4.78 is 10.6. The third-order valence-corrected chi connectivity index (χ3v) is 3.70. The van der Waals surface area contributed by atoms with E-state index < -0.39 is 0 Å². The Morgan fingerprint density at radius 2 is 1.73 bits per heavy atom. The van der Waals surface area contributed by atoms with Crippen LogP contribution in [-0.2, 0) is 4.79 Å². The minimum absolute atomic E-state index is 0.0723. The lowest BCUT2D eigenvalue weighted by molar-refractivity contribution is -0.123. The normalized spacial score (nSPS) is 15.4. The summed E-state index contributed by atoms with van der Waals surface area (Å²) in [5, 5.41) is 4.25. The summed E-state index contributed by atoms with van der Waals surface area (Å²) in [5.74, 6) is 0.917. The summed E-state index contributed by atoms with van der Waals surface area (Å²) in [5.41, 5.74) is 3.68. The monoisotopic (exact) mass is 304 g/mol. The Kier molecular flexibility index (Phi) is 6.74. The fourth-order valence-corrected chi connectivity index (χ4v) is 2.48. The van der Waals surface area contributed by atoms with Gasteiger partial charge < -0.3 is 9.47 Å². The van der Waals surface area contributed by atoms with Crippen LogP contribution in [0.15, 0.2) is 29.4 Å². The van der Waals surface area contributed by atoms with Gasteiger partial charge in [0, 0.05) is 5.71 Å². The van der Waals surface area contributed by atoms with Crippen LogP contribution in [0.3, 0.4) is 0 Å². The maximum atomic E-state index is 11.8. The molecule has 1 saturated carbocycles. The van der Waals surface area contributed by atoms with Crippen LogP contribution in [0.2, 0.25) is 0 Å². The van der Waals surface area contributed by atoms with Crippen LogP contribution < -0.4 is 14.9 Å². The van der Waals surface area contributed by atoms with Gasteiger partial charge in [-0.1, -0.05) is 31.4 Å². The Bertz CT molecular complexity index is 504. The summed E-state index contributed by atoms with van der Waals surface area (Å²) >= 11 is 0. The summed E-state index contributed by atoms with van der Waals surface area (Å²) in [6.07, 6.45) is 8.10. The first-order valence-corrected chi connectivity index (χ1v) is 7.89. The smallest absolute Gasteiger partial charge is 0.277 e. The van der Waals surface area contributed by atoms with Crippen molar-refractivity contribution in [2.75, 3.05) is 13.7 Å². The molecule has 0 unspecified atom stereocenters. The van der Waals surface area contributed by atoms with Crippen molar-refractivity contribution in [3.8, 4) is 11.5 Å². The van der Waals surface area contributed by atoms with Gasteiger partial charge in [0.25, 0.3) is 5.91 Å². The molecular weight excluding hydrogens is 280 g/mol. The van der Waals surface area contributed by atoms with E-state index in [1.165, 1.54) is 19.3 Å². The molecule has 0 bridgehead atoms. The van der Waals surface area contributed by atoms with E-state index in [9.17, 15) is 4.79 Å². The maximum Gasteiger partial charge on any atom is 0.277 e. The molecule has 1 aromatic carbocycles. The van der Waals surface area contributed by atoms with E-state index in [1.54, 1.807) is 19.2 Å². The van der Waals surface area contributed by atoms with Gasteiger partial charge in [-0.3, -0.25) is 4.79 Å². The van der Waals surface area contributed by atoms with Crippen molar-refractivity contribution in [1.29, 1.82) is 0 Å². The third-order valence-electron chi connectivity index (χ3n) is 3.70. The van der Waals surface area contributed by atoms with Gasteiger partial charge >= 0.3 is 0 Å². The molecule has 0 aromatic heterocycles. The van der Waals surface area contributed by atoms with E-state index in [0.717, 1.165) is 31.4 Å². The SMILES string of the molecule is COc1ccccc1OCC(=O)NN=C1CCCCCCC1. The summed E-state index contributed by atoms with van der Waals surface area (Å²) in [7, 11) is 1.57. The Hall–Kier alpha value is -2.04. The zero-order valence-corrected chi connectivity index (χ0v) is 13.1. The fraction of sp³-hybridized carbons (Fsp3) is 0.529. The molecule has 5 heteroatoms. The molecule has 0 heterocycles. The summed E-state index contributed by atoms with van der Waals surface area (Å²) in [6.45, 7) is -0.0723. The van der Waals surface area contributed by atoms with Crippen LogP contribution in [0.25, 0.3) is 0 Å². The van der Waals surface area contributed by atoms with Crippen molar-refractivity contribution in [2.45, 2.75) is 44.9 Å². The van der Waals surface area contributed by atoms with Gasteiger partial charge in [0.2, 0.25) is 0 Å². The number of para-hydroxylation sites is 2. The van der Waals surface area contributed by atoms with Crippen molar-refractivity contribution >= 4 is 11.6 Å². The van der Waals surface area contributed by atoms with Gasteiger partial charge in [0.15, 0.2) is 18.1 Å². The zero-order valence-electron chi connectivity index (χ0n) is 13.1. The molecule has 1 aliphatic carbocycles. The average molecular weight is 304 g/mol. The third kappa shape index (κ3) is 5.39. The number of rotatable bonds is 5. The lowest BCUT2D eigenvalue weighted by atomic mass is 9.99. The van der Waals surface area contributed by atoms with Crippen LogP contribution >= 0.6 is 0 Å². The topological polar surface area (TPSA) is 59.9 Å². The van der Waals surface area contributed by atoms with E-state index in [-0.39, 0.29) is 12.5 Å². The number of nitrogens with one attached hydrogen (secondary N) is 1. The van der Waals surface area contributed by atoms with Gasteiger partial charge in [-0.2, -0.15) is 5.10 Å². The van der Waals surface area contributed by atoms with Crippen LogP contribution in [0, 0.1) is 0 Å². The largest absolute Gasteiger partial charge is 0.493 e. The Labute approximate surface area is 131 Å². The molecule has 1 N–H and O–H groups in total. The highest BCUT2D eigenvalue weighted by molar-refractivity contribution is 5.86. The predicted octanol–water partition coefficient (Wildman–Crippen LogP) is 3.29. The second kappa shape index (κ2) is 9.07. The molecule has 0 aliphatic heterocycles. The molecule has 120 valence electrons. The van der Waals surface area contributed by atoms with Crippen molar-refractivity contribution in [3.05, 3.63) is 24.3 Å². The second-order valence-corrected chi connectivity index (χ2v) is 5.42. The lowest BCUT2D eigenvalue weighted by Gasteiger charge is -2.12. The molecule has 0 spiro atoms. The van der Waals surface area contributed by atoms with E-state index >= 15 is 0 Å². The molecule has 22 heavy (non-hydrogen) atoms. The van der Waals surface area contributed by atoms with Gasteiger partial charge in [-0.25, -0.2) is 5.43 Å². The summed E-state index contributed by atoms with van der Waals surface area (Å²) in [4.78, 5) is 11.8. The number of hydrogen-bond donors (Lipinski definition) is 1. The number of hydrogen-bond acceptors (Lipinski definition) is 4. The Morgan fingerprint density at radius 3 is 2.41 bits per heavy atom. The first-order valence-electron chi connectivity index (χ1n) is 7.89. The van der Waals surface area contributed by atoms with Crippen LogP contribution in [-0.4, -0.2) is 25.3 Å². The van der Waals surface area contributed by atoms with Crippen molar-refractivity contribution in [3.63, 3.8) is 0 Å². The number of nitrogens with zero attached hydrogens (tertiary/aromatic N) is 1. The number of hydrazone groups is 1. The minimum atomic E-state index is -0.250. The molecule has 0 radical (unpaired) electrons. The number of benzene rings is 1. The highest BCUT2D eigenvalue weighted by Gasteiger charge is 2.08. The van der Waals surface area contributed by atoms with Gasteiger partial charge in [0.1, 0.15) is 0 Å². The molecule has 1 aromatic rings. The standard InChI is InChI=1S/C17H24N2O3/c1-21-15-11-7-8-12-16(15)22-13-17(20)19-18-14-9-5-3-2-4-6-10-14/h7-8,11-12H,2-6,9-10,13H2,1H3,(H,19,20). The minimum Gasteiger partial charge on any atom is -0.493 e. The first kappa shape index (κ1) is 16.3. The van der Waals surface area contributed by atoms with Crippen molar-refractivity contribution in [1.82, 2.24) is 5.43 Å². The molecule has 0 saturated heterocycles. The van der Waals surface area contributed by atoms with Gasteiger partial charge in [0.05, 0.1) is 7.11 Å². The number of methoxy groups -OCH3 is 1. The molecule has 1 amide bonds. The molecule has 1 fully saturated rings.